The Labute approximate surface area is 130 Å². The average Bonchev–Trinajstić information content (AvgIpc) is 2.80. The van der Waals surface area contributed by atoms with E-state index in [0.717, 1.165) is 18.3 Å². The van der Waals surface area contributed by atoms with Crippen LogP contribution in [-0.2, 0) is 13.0 Å². The number of hydrogen-bond acceptors (Lipinski definition) is 1. The molecule has 0 amide bonds. The lowest BCUT2D eigenvalue weighted by atomic mass is 9.74. The van der Waals surface area contributed by atoms with Crippen molar-refractivity contribution in [3.8, 4) is 0 Å². The van der Waals surface area contributed by atoms with E-state index in [-0.39, 0.29) is 6.04 Å². The van der Waals surface area contributed by atoms with Crippen molar-refractivity contribution >= 4 is 0 Å². The van der Waals surface area contributed by atoms with E-state index in [1.165, 1.54) is 56.3 Å². The van der Waals surface area contributed by atoms with Crippen LogP contribution in [0.2, 0.25) is 0 Å². The van der Waals surface area contributed by atoms with Crippen molar-refractivity contribution in [2.75, 3.05) is 0 Å². The van der Waals surface area contributed by atoms with Gasteiger partial charge >= 0.3 is 0 Å². The second-order valence-corrected chi connectivity index (χ2v) is 8.48. The summed E-state index contributed by atoms with van der Waals surface area (Å²) in [5.74, 6) is 1.91. The second-order valence-electron chi connectivity index (χ2n) is 8.48. The molecule has 0 radical (unpaired) electrons. The number of fused-ring (bicyclic) bond motifs is 1. The first-order chi connectivity index (χ1) is 9.94. The van der Waals surface area contributed by atoms with Gasteiger partial charge in [0.1, 0.15) is 0 Å². The smallest absolute Gasteiger partial charge is 0.0318 e. The summed E-state index contributed by atoms with van der Waals surface area (Å²) < 4.78 is 2.51. The van der Waals surface area contributed by atoms with Crippen LogP contribution in [0.1, 0.15) is 76.6 Å². The third-order valence-electron chi connectivity index (χ3n) is 5.85. The Hall–Kier alpha value is -0.760. The van der Waals surface area contributed by atoms with Crippen molar-refractivity contribution in [2.45, 2.75) is 78.3 Å². The molecule has 0 saturated heterocycles. The van der Waals surface area contributed by atoms with Gasteiger partial charge in [-0.1, -0.05) is 46.5 Å². The fraction of sp³-hybridized carbons (Fsp3) is 0.789. The lowest BCUT2D eigenvalue weighted by Gasteiger charge is -2.35. The molecule has 3 rings (SSSR count). The topological polar surface area (TPSA) is 30.9 Å². The Bertz CT molecular complexity index is 478. The van der Waals surface area contributed by atoms with E-state index in [1.807, 2.05) is 0 Å². The minimum atomic E-state index is 0.237. The minimum absolute atomic E-state index is 0.237. The van der Waals surface area contributed by atoms with Gasteiger partial charge in [0.15, 0.2) is 0 Å². The number of rotatable bonds is 3. The van der Waals surface area contributed by atoms with Crippen LogP contribution in [0, 0.1) is 17.3 Å². The first-order valence-electron chi connectivity index (χ1n) is 8.88. The summed E-state index contributed by atoms with van der Waals surface area (Å²) in [5, 5.41) is 0. The van der Waals surface area contributed by atoms with Gasteiger partial charge in [0.25, 0.3) is 0 Å². The van der Waals surface area contributed by atoms with Crippen molar-refractivity contribution in [2.24, 2.45) is 23.0 Å². The summed E-state index contributed by atoms with van der Waals surface area (Å²) in [6.45, 7) is 8.31. The van der Waals surface area contributed by atoms with Gasteiger partial charge in [-0.05, 0) is 48.1 Å². The molecule has 1 aromatic rings. The van der Waals surface area contributed by atoms with Crippen LogP contribution in [0.15, 0.2) is 12.3 Å². The van der Waals surface area contributed by atoms with Crippen molar-refractivity contribution < 1.29 is 0 Å². The number of nitrogens with two attached hydrogens (primary N) is 1. The Kier molecular flexibility index (Phi) is 4.18. The minimum Gasteiger partial charge on any atom is -0.351 e. The molecule has 1 saturated carbocycles. The molecule has 1 unspecified atom stereocenters. The fourth-order valence-electron chi connectivity index (χ4n) is 4.44. The third kappa shape index (κ3) is 3.36. The summed E-state index contributed by atoms with van der Waals surface area (Å²) >= 11 is 0. The van der Waals surface area contributed by atoms with E-state index >= 15 is 0 Å². The van der Waals surface area contributed by atoms with Gasteiger partial charge in [0, 0.05) is 24.5 Å². The Balaban J connectivity index is 1.65. The molecule has 1 heterocycles. The predicted octanol–water partition coefficient (Wildman–Crippen LogP) is 4.68. The van der Waals surface area contributed by atoms with Crippen LogP contribution >= 0.6 is 0 Å². The lowest BCUT2D eigenvalue weighted by molar-refractivity contribution is 0.258. The van der Waals surface area contributed by atoms with Crippen molar-refractivity contribution in [1.29, 1.82) is 0 Å². The Morgan fingerprint density at radius 3 is 2.67 bits per heavy atom. The van der Waals surface area contributed by atoms with Crippen LogP contribution in [0.3, 0.4) is 0 Å². The maximum absolute atomic E-state index is 6.38. The van der Waals surface area contributed by atoms with Crippen LogP contribution in [0.5, 0.6) is 0 Å². The van der Waals surface area contributed by atoms with E-state index in [0.29, 0.717) is 5.41 Å². The normalized spacial score (nSPS) is 31.9. The molecule has 1 atom stereocenters. The maximum Gasteiger partial charge on any atom is 0.0318 e. The SMILES string of the molecule is CC1CCC(CCn2ccc3c2CC(C)(C)CC3N)CC1. The highest BCUT2D eigenvalue weighted by Gasteiger charge is 2.32. The van der Waals surface area contributed by atoms with Crippen LogP contribution in [0.4, 0.5) is 0 Å². The van der Waals surface area contributed by atoms with E-state index in [1.54, 1.807) is 0 Å². The molecule has 0 bridgehead atoms. The molecule has 2 nitrogen and oxygen atoms in total. The molecule has 0 aliphatic heterocycles. The molecule has 1 aromatic heterocycles. The van der Waals surface area contributed by atoms with Crippen LogP contribution in [0.25, 0.3) is 0 Å². The highest BCUT2D eigenvalue weighted by atomic mass is 15.0. The maximum atomic E-state index is 6.38. The van der Waals surface area contributed by atoms with Crippen molar-refractivity contribution in [3.05, 3.63) is 23.5 Å². The van der Waals surface area contributed by atoms with E-state index in [2.05, 4.69) is 37.6 Å². The molecule has 1 fully saturated rings. The van der Waals surface area contributed by atoms with Crippen LogP contribution < -0.4 is 5.73 Å². The summed E-state index contributed by atoms with van der Waals surface area (Å²) in [4.78, 5) is 0. The quantitative estimate of drug-likeness (QED) is 0.860. The zero-order chi connectivity index (χ0) is 15.0. The number of aromatic nitrogens is 1. The van der Waals surface area contributed by atoms with Crippen molar-refractivity contribution in [3.63, 3.8) is 0 Å². The standard InChI is InChI=1S/C19H32N2/c1-14-4-6-15(7-5-14)8-10-21-11-9-16-17(20)12-19(2,3)13-18(16)21/h9,11,14-15,17H,4-8,10,12-13,20H2,1-3H3. The molecular formula is C19H32N2. The fourth-order valence-corrected chi connectivity index (χ4v) is 4.44. The monoisotopic (exact) mass is 288 g/mol. The summed E-state index contributed by atoms with van der Waals surface area (Å²) in [6, 6.07) is 2.51. The predicted molar refractivity (Wildman–Crippen MR) is 89.2 cm³/mol. The molecule has 0 aromatic carbocycles. The first kappa shape index (κ1) is 15.1. The third-order valence-corrected chi connectivity index (χ3v) is 5.85. The number of aryl methyl sites for hydroxylation is 1. The van der Waals surface area contributed by atoms with E-state index < -0.39 is 0 Å². The Morgan fingerprint density at radius 1 is 1.24 bits per heavy atom. The van der Waals surface area contributed by atoms with Crippen LogP contribution in [-0.4, -0.2) is 4.57 Å². The first-order valence-corrected chi connectivity index (χ1v) is 8.88. The highest BCUT2D eigenvalue weighted by molar-refractivity contribution is 5.30. The zero-order valence-corrected chi connectivity index (χ0v) is 14.1. The van der Waals surface area contributed by atoms with Gasteiger partial charge in [-0.25, -0.2) is 0 Å². The summed E-state index contributed by atoms with van der Waals surface area (Å²) in [5.41, 5.74) is 9.65. The van der Waals surface area contributed by atoms with E-state index in [4.69, 9.17) is 5.73 Å². The molecule has 21 heavy (non-hydrogen) atoms. The van der Waals surface area contributed by atoms with Gasteiger partial charge in [-0.2, -0.15) is 0 Å². The number of nitrogens with zero attached hydrogens (tertiary/aromatic N) is 1. The van der Waals surface area contributed by atoms with Gasteiger partial charge in [0.2, 0.25) is 0 Å². The van der Waals surface area contributed by atoms with Gasteiger partial charge in [-0.15, -0.1) is 0 Å². The second kappa shape index (κ2) is 5.79. The van der Waals surface area contributed by atoms with Gasteiger partial charge < -0.3 is 10.3 Å². The highest BCUT2D eigenvalue weighted by Crippen LogP contribution is 2.40. The average molecular weight is 288 g/mol. The molecular weight excluding hydrogens is 256 g/mol. The van der Waals surface area contributed by atoms with Gasteiger partial charge in [-0.3, -0.25) is 0 Å². The molecule has 2 aliphatic carbocycles. The van der Waals surface area contributed by atoms with Gasteiger partial charge in [0.05, 0.1) is 0 Å². The largest absolute Gasteiger partial charge is 0.351 e. The van der Waals surface area contributed by atoms with E-state index in [9.17, 15) is 0 Å². The molecule has 2 heteroatoms. The number of hydrogen-bond donors (Lipinski definition) is 1. The Morgan fingerprint density at radius 2 is 1.95 bits per heavy atom. The molecule has 2 N–H and O–H groups in total. The zero-order valence-electron chi connectivity index (χ0n) is 14.1. The van der Waals surface area contributed by atoms with Crippen molar-refractivity contribution in [1.82, 2.24) is 4.57 Å². The molecule has 2 aliphatic rings. The summed E-state index contributed by atoms with van der Waals surface area (Å²) in [7, 11) is 0. The molecule has 118 valence electrons. The summed E-state index contributed by atoms with van der Waals surface area (Å²) in [6.07, 6.45) is 11.7. The lowest BCUT2D eigenvalue weighted by Crippen LogP contribution is -2.30. The molecule has 0 spiro atoms.